The zero-order valence-corrected chi connectivity index (χ0v) is 11.7. The standard InChI is InChI=1S/C10H12BrFN2O3S/c11-7-3-8(12)9(13)4-10(7)18(15,16)14-6-1-2-17-5-6/h3-4,6,14H,1-2,5,13H2. The third kappa shape index (κ3) is 2.82. The molecule has 5 nitrogen and oxygen atoms in total. The van der Waals surface area contributed by atoms with Crippen molar-refractivity contribution in [2.45, 2.75) is 17.4 Å². The van der Waals surface area contributed by atoms with Crippen LogP contribution in [0.2, 0.25) is 0 Å². The second-order valence-electron chi connectivity index (χ2n) is 3.99. The van der Waals surface area contributed by atoms with Gasteiger partial charge in [0.15, 0.2) is 0 Å². The number of ether oxygens (including phenoxy) is 1. The highest BCUT2D eigenvalue weighted by molar-refractivity contribution is 9.10. The number of hydrogen-bond donors (Lipinski definition) is 2. The Morgan fingerprint density at radius 1 is 1.50 bits per heavy atom. The van der Waals surface area contributed by atoms with Gasteiger partial charge in [0.25, 0.3) is 0 Å². The summed E-state index contributed by atoms with van der Waals surface area (Å²) >= 11 is 3.02. The molecule has 0 aliphatic carbocycles. The van der Waals surface area contributed by atoms with E-state index in [9.17, 15) is 12.8 Å². The van der Waals surface area contributed by atoms with Crippen molar-refractivity contribution in [1.82, 2.24) is 4.72 Å². The van der Waals surface area contributed by atoms with Crippen LogP contribution in [0.15, 0.2) is 21.5 Å². The second kappa shape index (κ2) is 5.12. The fourth-order valence-electron chi connectivity index (χ4n) is 1.66. The van der Waals surface area contributed by atoms with Gasteiger partial charge in [0.2, 0.25) is 10.0 Å². The Bertz CT molecular complexity index is 558. The fraction of sp³-hybridized carbons (Fsp3) is 0.400. The first-order valence-corrected chi connectivity index (χ1v) is 7.52. The first kappa shape index (κ1) is 13.7. The minimum atomic E-state index is -3.74. The highest BCUT2D eigenvalue weighted by atomic mass is 79.9. The molecule has 100 valence electrons. The summed E-state index contributed by atoms with van der Waals surface area (Å²) in [4.78, 5) is -0.0756. The molecule has 1 aromatic rings. The second-order valence-corrected chi connectivity index (χ2v) is 6.52. The van der Waals surface area contributed by atoms with E-state index < -0.39 is 15.8 Å². The smallest absolute Gasteiger partial charge is 0.242 e. The van der Waals surface area contributed by atoms with E-state index in [1.807, 2.05) is 0 Å². The molecule has 1 heterocycles. The normalized spacial score (nSPS) is 20.2. The van der Waals surface area contributed by atoms with Crippen LogP contribution in [-0.4, -0.2) is 27.7 Å². The Morgan fingerprint density at radius 3 is 2.83 bits per heavy atom. The molecule has 2 rings (SSSR count). The molecule has 0 spiro atoms. The summed E-state index contributed by atoms with van der Waals surface area (Å²) in [6, 6.07) is 1.88. The van der Waals surface area contributed by atoms with E-state index in [1.54, 1.807) is 0 Å². The summed E-state index contributed by atoms with van der Waals surface area (Å²) in [6.45, 7) is 0.868. The first-order chi connectivity index (χ1) is 8.40. The third-order valence-electron chi connectivity index (χ3n) is 2.59. The molecule has 18 heavy (non-hydrogen) atoms. The molecule has 1 aliphatic rings. The lowest BCUT2D eigenvalue weighted by Gasteiger charge is -2.13. The minimum Gasteiger partial charge on any atom is -0.396 e. The molecule has 0 amide bonds. The Kier molecular flexibility index (Phi) is 3.90. The summed E-state index contributed by atoms with van der Waals surface area (Å²) in [6.07, 6.45) is 0.619. The number of nitrogen functional groups attached to an aromatic ring is 1. The SMILES string of the molecule is Nc1cc(S(=O)(=O)NC2CCOC2)c(Br)cc1F. The summed E-state index contributed by atoms with van der Waals surface area (Å²) in [5.41, 5.74) is 5.17. The van der Waals surface area contributed by atoms with Crippen molar-refractivity contribution in [1.29, 1.82) is 0 Å². The molecular weight excluding hydrogens is 327 g/mol. The van der Waals surface area contributed by atoms with E-state index >= 15 is 0 Å². The zero-order chi connectivity index (χ0) is 13.3. The maximum absolute atomic E-state index is 13.2. The number of nitrogens with two attached hydrogens (primary N) is 1. The Balaban J connectivity index is 2.31. The van der Waals surface area contributed by atoms with Crippen molar-refractivity contribution in [2.24, 2.45) is 0 Å². The summed E-state index contributed by atoms with van der Waals surface area (Å²) in [5, 5.41) is 0. The topological polar surface area (TPSA) is 81.4 Å². The average Bonchev–Trinajstić information content (AvgIpc) is 2.75. The molecule has 1 unspecified atom stereocenters. The van der Waals surface area contributed by atoms with Crippen molar-refractivity contribution >= 4 is 31.6 Å². The molecule has 0 aromatic heterocycles. The van der Waals surface area contributed by atoms with Crippen LogP contribution in [0.3, 0.4) is 0 Å². The van der Waals surface area contributed by atoms with Crippen molar-refractivity contribution in [2.75, 3.05) is 18.9 Å². The molecule has 1 fully saturated rings. The predicted molar refractivity (Wildman–Crippen MR) is 68.1 cm³/mol. The predicted octanol–water partition coefficient (Wildman–Crippen LogP) is 1.24. The van der Waals surface area contributed by atoms with Gasteiger partial charge in [0.05, 0.1) is 17.2 Å². The lowest BCUT2D eigenvalue weighted by molar-refractivity contribution is 0.192. The lowest BCUT2D eigenvalue weighted by Crippen LogP contribution is -2.35. The summed E-state index contributed by atoms with van der Waals surface area (Å²) in [5.74, 6) is -0.662. The van der Waals surface area contributed by atoms with Crippen molar-refractivity contribution in [3.8, 4) is 0 Å². The van der Waals surface area contributed by atoms with E-state index in [0.717, 1.165) is 12.1 Å². The number of hydrogen-bond acceptors (Lipinski definition) is 4. The molecule has 3 N–H and O–H groups in total. The van der Waals surface area contributed by atoms with Gasteiger partial charge < -0.3 is 10.5 Å². The van der Waals surface area contributed by atoms with Gasteiger partial charge in [-0.25, -0.2) is 17.5 Å². The molecule has 1 atom stereocenters. The van der Waals surface area contributed by atoms with Crippen LogP contribution in [0.4, 0.5) is 10.1 Å². The first-order valence-electron chi connectivity index (χ1n) is 5.25. The number of nitrogens with one attached hydrogen (secondary N) is 1. The molecule has 1 aromatic carbocycles. The van der Waals surface area contributed by atoms with E-state index in [-0.39, 0.29) is 21.1 Å². The molecule has 0 radical (unpaired) electrons. The van der Waals surface area contributed by atoms with E-state index in [2.05, 4.69) is 20.7 Å². The average molecular weight is 339 g/mol. The van der Waals surface area contributed by atoms with Crippen LogP contribution in [0.1, 0.15) is 6.42 Å². The number of halogens is 2. The Hall–Kier alpha value is -0.700. The molecule has 0 bridgehead atoms. The van der Waals surface area contributed by atoms with Gasteiger partial charge >= 0.3 is 0 Å². The lowest BCUT2D eigenvalue weighted by atomic mass is 10.3. The zero-order valence-electron chi connectivity index (χ0n) is 9.32. The number of sulfonamides is 1. The molecule has 1 aliphatic heterocycles. The third-order valence-corrected chi connectivity index (χ3v) is 5.07. The summed E-state index contributed by atoms with van der Waals surface area (Å²) < 4.78 is 45.1. The van der Waals surface area contributed by atoms with E-state index in [4.69, 9.17) is 10.5 Å². The number of rotatable bonds is 3. The van der Waals surface area contributed by atoms with Crippen LogP contribution < -0.4 is 10.5 Å². The van der Waals surface area contributed by atoms with Crippen molar-refractivity contribution in [3.05, 3.63) is 22.4 Å². The van der Waals surface area contributed by atoms with Gasteiger partial charge in [-0.15, -0.1) is 0 Å². The van der Waals surface area contributed by atoms with Gasteiger partial charge in [-0.2, -0.15) is 0 Å². The monoisotopic (exact) mass is 338 g/mol. The van der Waals surface area contributed by atoms with E-state index in [1.165, 1.54) is 0 Å². The van der Waals surface area contributed by atoms with Crippen LogP contribution in [-0.2, 0) is 14.8 Å². The number of anilines is 1. The largest absolute Gasteiger partial charge is 0.396 e. The molecular formula is C10H12BrFN2O3S. The van der Waals surface area contributed by atoms with Crippen LogP contribution in [0, 0.1) is 5.82 Å². The highest BCUT2D eigenvalue weighted by Crippen LogP contribution is 2.27. The van der Waals surface area contributed by atoms with Gasteiger partial charge in [0.1, 0.15) is 5.82 Å². The van der Waals surface area contributed by atoms with Gasteiger partial charge in [0, 0.05) is 17.1 Å². The molecule has 0 saturated carbocycles. The number of benzene rings is 1. The molecule has 1 saturated heterocycles. The van der Waals surface area contributed by atoms with E-state index in [0.29, 0.717) is 19.6 Å². The molecule has 8 heteroatoms. The maximum atomic E-state index is 13.2. The van der Waals surface area contributed by atoms with Crippen LogP contribution in [0.5, 0.6) is 0 Å². The minimum absolute atomic E-state index is 0.0756. The van der Waals surface area contributed by atoms with Gasteiger partial charge in [-0.05, 0) is 34.5 Å². The Labute approximate surface area is 113 Å². The maximum Gasteiger partial charge on any atom is 0.242 e. The Morgan fingerprint density at radius 2 is 2.22 bits per heavy atom. The highest BCUT2D eigenvalue weighted by Gasteiger charge is 2.25. The summed E-state index contributed by atoms with van der Waals surface area (Å²) in [7, 11) is -3.74. The quantitative estimate of drug-likeness (QED) is 0.812. The van der Waals surface area contributed by atoms with Crippen molar-refractivity contribution in [3.63, 3.8) is 0 Å². The van der Waals surface area contributed by atoms with Crippen LogP contribution in [0.25, 0.3) is 0 Å². The van der Waals surface area contributed by atoms with Crippen LogP contribution >= 0.6 is 15.9 Å². The van der Waals surface area contributed by atoms with Gasteiger partial charge in [-0.1, -0.05) is 0 Å². The van der Waals surface area contributed by atoms with Gasteiger partial charge in [-0.3, -0.25) is 0 Å². The van der Waals surface area contributed by atoms with Crippen molar-refractivity contribution < 1.29 is 17.5 Å². The fourth-order valence-corrected chi connectivity index (χ4v) is 3.97.